The molecular weight excluding hydrogens is 180 g/mol. The van der Waals surface area contributed by atoms with Crippen LogP contribution in [0.3, 0.4) is 0 Å². The Kier molecular flexibility index (Phi) is 1.97. The highest BCUT2D eigenvalue weighted by atomic mass is 16.1. The van der Waals surface area contributed by atoms with Crippen molar-refractivity contribution in [2.75, 3.05) is 0 Å². The van der Waals surface area contributed by atoms with E-state index in [2.05, 4.69) is 9.65 Å². The monoisotopic (exact) mass is 187 g/mol. The molecule has 2 heterocycles. The molecule has 0 aromatic carbocycles. The van der Waals surface area contributed by atoms with E-state index in [1.54, 1.807) is 30.6 Å². The lowest BCUT2D eigenvalue weighted by Crippen LogP contribution is -2.36. The Bertz CT molecular complexity index is 617. The number of pyridine rings is 1. The van der Waals surface area contributed by atoms with E-state index in [1.165, 1.54) is 0 Å². The highest BCUT2D eigenvalue weighted by Crippen LogP contribution is 1.74. The lowest BCUT2D eigenvalue weighted by atomic mass is 10.2. The van der Waals surface area contributed by atoms with Gasteiger partial charge in [-0.1, -0.05) is 0 Å². The molecule has 2 rings (SSSR count). The van der Waals surface area contributed by atoms with Gasteiger partial charge in [0, 0.05) is 17.4 Å². The van der Waals surface area contributed by atoms with Gasteiger partial charge in [-0.3, -0.25) is 9.59 Å². The summed E-state index contributed by atoms with van der Waals surface area (Å²) in [5.41, 5.74) is -0.248. The molecule has 1 aromatic heterocycles. The predicted octanol–water partition coefficient (Wildman–Crippen LogP) is -2.03. The van der Waals surface area contributed by atoms with E-state index in [0.717, 1.165) is 5.22 Å². The zero-order valence-corrected chi connectivity index (χ0v) is 7.23. The van der Waals surface area contributed by atoms with Crippen LogP contribution in [0.1, 0.15) is 10.4 Å². The van der Waals surface area contributed by atoms with E-state index in [0.29, 0.717) is 11.6 Å². The summed E-state index contributed by atoms with van der Waals surface area (Å²) in [6.07, 6.45) is 7.15. The van der Waals surface area contributed by atoms with Crippen LogP contribution in [0.2, 0.25) is 0 Å². The summed E-state index contributed by atoms with van der Waals surface area (Å²) in [5, 5.41) is 1.45. The van der Waals surface area contributed by atoms with Gasteiger partial charge in [0.1, 0.15) is 0 Å². The van der Waals surface area contributed by atoms with Crippen LogP contribution < -0.4 is 20.8 Å². The van der Waals surface area contributed by atoms with Crippen molar-refractivity contribution in [2.45, 2.75) is 0 Å². The summed E-state index contributed by atoms with van der Waals surface area (Å²) in [7, 11) is 0. The Morgan fingerprint density at radius 1 is 1.29 bits per heavy atom. The maximum absolute atomic E-state index is 11.3. The molecule has 0 bridgehead atoms. The van der Waals surface area contributed by atoms with Crippen LogP contribution in [-0.4, -0.2) is 23.7 Å². The van der Waals surface area contributed by atoms with Crippen molar-refractivity contribution in [2.24, 2.45) is 0 Å². The molecular formula is C10H7N2O2+. The molecule has 0 fully saturated rings. The summed E-state index contributed by atoms with van der Waals surface area (Å²) in [6.45, 7) is 0. The number of H-pyrrole nitrogens is 1. The van der Waals surface area contributed by atoms with Crippen LogP contribution in [0.5, 0.6) is 0 Å². The molecule has 0 saturated heterocycles. The third kappa shape index (κ3) is 1.34. The molecule has 1 aliphatic rings. The lowest BCUT2D eigenvalue weighted by molar-refractivity contribution is 0.112. The number of nitrogens with one attached hydrogen (secondary N) is 1. The zero-order chi connectivity index (χ0) is 9.97. The number of fused-ring (bicyclic) bond motifs is 1. The maximum Gasteiger partial charge on any atom is 0.294 e. The van der Waals surface area contributed by atoms with Crippen molar-refractivity contribution in [1.29, 1.82) is 0 Å². The van der Waals surface area contributed by atoms with Crippen LogP contribution in [-0.2, 0) is 0 Å². The van der Waals surface area contributed by atoms with Crippen LogP contribution in [0, 0.1) is 0 Å². The number of nitrogens with zero attached hydrogens (tertiary/aromatic N) is 1. The van der Waals surface area contributed by atoms with Gasteiger partial charge in [0.25, 0.3) is 18.0 Å². The molecule has 0 amide bonds. The van der Waals surface area contributed by atoms with Crippen LogP contribution in [0.4, 0.5) is 0 Å². The molecule has 1 aromatic rings. The number of hydrogen-bond acceptors (Lipinski definition) is 2. The van der Waals surface area contributed by atoms with Crippen LogP contribution in [0.15, 0.2) is 10.9 Å². The Labute approximate surface area is 78.7 Å². The second-order valence-corrected chi connectivity index (χ2v) is 2.82. The second kappa shape index (κ2) is 3.28. The molecule has 4 nitrogen and oxygen atoms in total. The lowest BCUT2D eigenvalue weighted by Gasteiger charge is -1.89. The summed E-state index contributed by atoms with van der Waals surface area (Å²) in [5.74, 6) is 0. The molecule has 0 spiro atoms. The molecule has 0 unspecified atom stereocenters. The number of aldehydes is 1. The van der Waals surface area contributed by atoms with Crippen LogP contribution in [0.25, 0.3) is 12.2 Å². The number of carbonyl (C=O) groups excluding carboxylic acids is 1. The average Bonchev–Trinajstić information content (AvgIpc) is 2.41. The number of rotatable bonds is 1. The van der Waals surface area contributed by atoms with Gasteiger partial charge in [0.2, 0.25) is 0 Å². The van der Waals surface area contributed by atoms with Gasteiger partial charge in [-0.15, -0.1) is 4.67 Å². The number of aromatic amines is 1. The highest BCUT2D eigenvalue weighted by molar-refractivity contribution is 5.99. The minimum Gasteiger partial charge on any atom is -0.321 e. The molecule has 1 aliphatic heterocycles. The van der Waals surface area contributed by atoms with E-state index in [9.17, 15) is 9.59 Å². The second-order valence-electron chi connectivity index (χ2n) is 2.82. The number of hydrogen-bond donors (Lipinski definition) is 1. The van der Waals surface area contributed by atoms with E-state index in [1.807, 2.05) is 0 Å². The predicted molar refractivity (Wildman–Crippen MR) is 54.9 cm³/mol. The number of carbonyl (C=O) groups is 1. The molecule has 1 N–H and O–H groups in total. The average molecular weight is 187 g/mol. The quantitative estimate of drug-likeness (QED) is 0.407. The zero-order valence-electron chi connectivity index (χ0n) is 7.23. The Hall–Kier alpha value is -2.19. The third-order valence-electron chi connectivity index (χ3n) is 1.93. The third-order valence-corrected chi connectivity index (χ3v) is 1.93. The van der Waals surface area contributed by atoms with E-state index in [-0.39, 0.29) is 11.1 Å². The summed E-state index contributed by atoms with van der Waals surface area (Å²) in [4.78, 5) is 24.4. The Morgan fingerprint density at radius 3 is 2.86 bits per heavy atom. The normalized spacial score (nSPS) is 12.3. The van der Waals surface area contributed by atoms with E-state index < -0.39 is 0 Å². The maximum atomic E-state index is 11.3. The molecule has 0 aliphatic carbocycles. The van der Waals surface area contributed by atoms with Crippen molar-refractivity contribution in [3.8, 4) is 0 Å². The van der Waals surface area contributed by atoms with Gasteiger partial charge >= 0.3 is 0 Å². The van der Waals surface area contributed by atoms with E-state index >= 15 is 0 Å². The van der Waals surface area contributed by atoms with Gasteiger partial charge in [0.15, 0.2) is 6.29 Å². The largest absolute Gasteiger partial charge is 0.321 e. The van der Waals surface area contributed by atoms with Crippen molar-refractivity contribution in [3.05, 3.63) is 32.6 Å². The minimum absolute atomic E-state index is 0.128. The molecule has 68 valence electrons. The first-order chi connectivity index (χ1) is 6.81. The Balaban J connectivity index is 2.92. The van der Waals surface area contributed by atoms with Gasteiger partial charge in [-0.25, -0.2) is 0 Å². The summed E-state index contributed by atoms with van der Waals surface area (Å²) >= 11 is 0. The Morgan fingerprint density at radius 2 is 2.07 bits per heavy atom. The molecule has 0 atom stereocenters. The summed E-state index contributed by atoms with van der Waals surface area (Å²) in [6, 6.07) is 1.54. The van der Waals surface area contributed by atoms with E-state index in [4.69, 9.17) is 0 Å². The van der Waals surface area contributed by atoms with Gasteiger partial charge in [-0.05, 0) is 6.07 Å². The van der Waals surface area contributed by atoms with Crippen molar-refractivity contribution in [3.63, 3.8) is 0 Å². The van der Waals surface area contributed by atoms with Gasteiger partial charge in [0.05, 0.1) is 10.9 Å². The first kappa shape index (κ1) is 8.41. The fourth-order valence-corrected chi connectivity index (χ4v) is 1.23. The molecule has 0 saturated carbocycles. The van der Waals surface area contributed by atoms with Crippen molar-refractivity contribution in [1.82, 2.24) is 9.65 Å². The SMILES string of the molecule is O=Cc1cc2c([nH]c1=O)=CC=[N+]=CC=2. The first-order valence-corrected chi connectivity index (χ1v) is 4.07. The summed E-state index contributed by atoms with van der Waals surface area (Å²) < 4.78 is 3.90. The number of aromatic nitrogens is 1. The fourth-order valence-electron chi connectivity index (χ4n) is 1.23. The molecule has 14 heavy (non-hydrogen) atoms. The standard InChI is InChI=1S/C10H6N2O2/c13-6-8-5-7-1-3-11-4-2-9(7)12-10(8)14/h1-6H/p+1. The highest BCUT2D eigenvalue weighted by Gasteiger charge is 1.99. The topological polar surface area (TPSA) is 64.0 Å². The van der Waals surface area contributed by atoms with Crippen molar-refractivity contribution < 1.29 is 4.79 Å². The smallest absolute Gasteiger partial charge is 0.294 e. The minimum atomic E-state index is -0.376. The first-order valence-electron chi connectivity index (χ1n) is 4.07. The van der Waals surface area contributed by atoms with Gasteiger partial charge in [-0.2, -0.15) is 0 Å². The molecule has 0 radical (unpaired) electrons. The fraction of sp³-hybridized carbons (Fsp3) is 0. The molecule has 4 heteroatoms. The van der Waals surface area contributed by atoms with Crippen LogP contribution >= 0.6 is 0 Å². The van der Waals surface area contributed by atoms with Gasteiger partial charge < -0.3 is 4.98 Å². The van der Waals surface area contributed by atoms with Crippen molar-refractivity contribution >= 4 is 30.9 Å².